The van der Waals surface area contributed by atoms with Crippen molar-refractivity contribution in [3.8, 4) is 0 Å². The molecule has 0 saturated carbocycles. The van der Waals surface area contributed by atoms with Crippen molar-refractivity contribution in [2.45, 2.75) is 6.92 Å². The van der Waals surface area contributed by atoms with Gasteiger partial charge in [0.25, 0.3) is 0 Å². The summed E-state index contributed by atoms with van der Waals surface area (Å²) in [6.45, 7) is 5.25. The van der Waals surface area contributed by atoms with Gasteiger partial charge >= 0.3 is 17.1 Å². The van der Waals surface area contributed by atoms with E-state index in [0.717, 1.165) is 0 Å². The molecule has 0 aliphatic rings. The van der Waals surface area contributed by atoms with Crippen LogP contribution in [-0.2, 0) is 17.1 Å². The first-order chi connectivity index (χ1) is 1.41. The van der Waals surface area contributed by atoms with E-state index in [0.29, 0.717) is 0 Å². The Labute approximate surface area is 37.4 Å². The maximum Gasteiger partial charge on any atom is 1.00 e. The van der Waals surface area contributed by atoms with Crippen molar-refractivity contribution < 1.29 is 17.1 Å². The van der Waals surface area contributed by atoms with Gasteiger partial charge in [-0.1, -0.05) is 6.08 Å². The van der Waals surface area contributed by atoms with Gasteiger partial charge in [-0.3, -0.25) is 0 Å². The van der Waals surface area contributed by atoms with Crippen molar-refractivity contribution in [2.24, 2.45) is 0 Å². The zero-order valence-electron chi connectivity index (χ0n) is 2.59. The standard InChI is InChI=1S/C3H6.Cu/c1-3-2;/h3H,1H2,2H3;/q;+1. The molecule has 0 spiro atoms. The van der Waals surface area contributed by atoms with Crippen molar-refractivity contribution >= 4 is 0 Å². The van der Waals surface area contributed by atoms with Crippen LogP contribution in [0.1, 0.15) is 6.92 Å². The van der Waals surface area contributed by atoms with Crippen LogP contribution in [0.4, 0.5) is 0 Å². The van der Waals surface area contributed by atoms with Gasteiger partial charge in [0.1, 0.15) is 0 Å². The fourth-order valence-electron chi connectivity index (χ4n) is 0. The molecule has 28 valence electrons. The van der Waals surface area contributed by atoms with E-state index in [1.165, 1.54) is 0 Å². The number of rotatable bonds is 0. The molecule has 1 heteroatoms. The Morgan fingerprint density at radius 3 is 1.75 bits per heavy atom. The smallest absolute Gasteiger partial charge is 0.103 e. The third-order valence-electron chi connectivity index (χ3n) is 0. The van der Waals surface area contributed by atoms with Gasteiger partial charge in [0.2, 0.25) is 0 Å². The minimum absolute atomic E-state index is 0. The quantitative estimate of drug-likeness (QED) is 0.321. The Balaban J connectivity index is 0. The van der Waals surface area contributed by atoms with Gasteiger partial charge in [-0.25, -0.2) is 0 Å². The topological polar surface area (TPSA) is 0 Å². The van der Waals surface area contributed by atoms with Crippen LogP contribution >= 0.6 is 0 Å². The molecular formula is C3H6Cu+. The van der Waals surface area contributed by atoms with E-state index in [2.05, 4.69) is 6.58 Å². The zero-order chi connectivity index (χ0) is 2.71. The summed E-state index contributed by atoms with van der Waals surface area (Å²) in [6, 6.07) is 0. The van der Waals surface area contributed by atoms with Crippen LogP contribution in [0.15, 0.2) is 12.7 Å². The predicted molar refractivity (Wildman–Crippen MR) is 15.9 cm³/mol. The molecule has 0 atom stereocenters. The molecule has 0 heterocycles. The molecule has 0 unspecified atom stereocenters. The predicted octanol–water partition coefficient (Wildman–Crippen LogP) is 1.19. The molecule has 0 rings (SSSR count). The average Bonchev–Trinajstić information content (AvgIpc) is 0.918. The average molecular weight is 106 g/mol. The summed E-state index contributed by atoms with van der Waals surface area (Å²) in [7, 11) is 0. The first-order valence-corrected chi connectivity index (χ1v) is 0.986. The Kier molecular flexibility index (Phi) is 23.2. The van der Waals surface area contributed by atoms with E-state index >= 15 is 0 Å². The molecule has 0 amide bonds. The van der Waals surface area contributed by atoms with Gasteiger partial charge in [0.15, 0.2) is 0 Å². The Bertz CT molecular complexity index is 10.8. The summed E-state index contributed by atoms with van der Waals surface area (Å²) >= 11 is 0. The van der Waals surface area contributed by atoms with Crippen molar-refractivity contribution in [1.82, 2.24) is 0 Å². The molecule has 0 radical (unpaired) electrons. The van der Waals surface area contributed by atoms with Crippen LogP contribution in [-0.4, -0.2) is 0 Å². The number of hydrogen-bond donors (Lipinski definition) is 0. The normalized spacial score (nSPS) is 3.25. The van der Waals surface area contributed by atoms with Crippen LogP contribution in [0, 0.1) is 0 Å². The van der Waals surface area contributed by atoms with Crippen molar-refractivity contribution in [1.29, 1.82) is 0 Å². The van der Waals surface area contributed by atoms with Crippen LogP contribution in [0.2, 0.25) is 0 Å². The van der Waals surface area contributed by atoms with Gasteiger partial charge in [-0.05, 0) is 6.92 Å². The minimum Gasteiger partial charge on any atom is -0.103 e. The summed E-state index contributed by atoms with van der Waals surface area (Å²) in [4.78, 5) is 0. The SMILES string of the molecule is C=CC.[Cu+]. The van der Waals surface area contributed by atoms with Crippen LogP contribution in [0.5, 0.6) is 0 Å². The molecule has 0 aromatic heterocycles. The second kappa shape index (κ2) is 10.5. The zero-order valence-corrected chi connectivity index (χ0v) is 3.53. The maximum atomic E-state index is 3.36. The van der Waals surface area contributed by atoms with Gasteiger partial charge in [-0.15, -0.1) is 6.58 Å². The molecule has 0 aliphatic carbocycles. The largest absolute Gasteiger partial charge is 1.00 e. The second-order valence-electron chi connectivity index (χ2n) is 0.408. The molecule has 0 nitrogen and oxygen atoms in total. The van der Waals surface area contributed by atoms with Crippen molar-refractivity contribution in [3.63, 3.8) is 0 Å². The molecule has 0 saturated heterocycles. The summed E-state index contributed by atoms with van der Waals surface area (Å²) in [5.41, 5.74) is 0. The monoisotopic (exact) mass is 105 g/mol. The molecule has 0 N–H and O–H groups in total. The molecule has 0 aromatic carbocycles. The van der Waals surface area contributed by atoms with Crippen molar-refractivity contribution in [3.05, 3.63) is 12.7 Å². The molecule has 0 aromatic rings. The van der Waals surface area contributed by atoms with Gasteiger partial charge < -0.3 is 0 Å². The van der Waals surface area contributed by atoms with E-state index in [4.69, 9.17) is 0 Å². The Morgan fingerprint density at radius 2 is 1.75 bits per heavy atom. The van der Waals surface area contributed by atoms with Crippen LogP contribution in [0.3, 0.4) is 0 Å². The first-order valence-electron chi connectivity index (χ1n) is 0.986. The molecule has 4 heavy (non-hydrogen) atoms. The summed E-state index contributed by atoms with van der Waals surface area (Å²) < 4.78 is 0. The van der Waals surface area contributed by atoms with Crippen molar-refractivity contribution in [2.75, 3.05) is 0 Å². The third kappa shape index (κ3) is 53.2. The number of hydrogen-bond acceptors (Lipinski definition) is 0. The second-order valence-corrected chi connectivity index (χ2v) is 0.408. The number of allylic oxidation sites excluding steroid dienone is 1. The van der Waals surface area contributed by atoms with Crippen LogP contribution in [0.25, 0.3) is 0 Å². The van der Waals surface area contributed by atoms with Crippen LogP contribution < -0.4 is 0 Å². The molecule has 0 aliphatic heterocycles. The molecule has 0 fully saturated rings. The van der Waals surface area contributed by atoms with Gasteiger partial charge in [0, 0.05) is 0 Å². The molecule has 0 bridgehead atoms. The minimum atomic E-state index is 0. The first kappa shape index (κ1) is 8.86. The van der Waals surface area contributed by atoms with Gasteiger partial charge in [0.05, 0.1) is 0 Å². The third-order valence-corrected chi connectivity index (χ3v) is 0. The molecular weight excluding hydrogens is 99.6 g/mol. The Hall–Kier alpha value is 0.259. The fourth-order valence-corrected chi connectivity index (χ4v) is 0. The van der Waals surface area contributed by atoms with E-state index in [1.807, 2.05) is 6.92 Å². The van der Waals surface area contributed by atoms with Gasteiger partial charge in [-0.2, -0.15) is 0 Å². The summed E-state index contributed by atoms with van der Waals surface area (Å²) in [6.07, 6.45) is 1.75. The van der Waals surface area contributed by atoms with E-state index in [-0.39, 0.29) is 17.1 Å². The van der Waals surface area contributed by atoms with E-state index in [1.54, 1.807) is 6.08 Å². The Morgan fingerprint density at radius 1 is 1.75 bits per heavy atom. The van der Waals surface area contributed by atoms with E-state index in [9.17, 15) is 0 Å². The van der Waals surface area contributed by atoms with E-state index < -0.39 is 0 Å². The maximum absolute atomic E-state index is 3.36. The summed E-state index contributed by atoms with van der Waals surface area (Å²) in [5, 5.41) is 0. The summed E-state index contributed by atoms with van der Waals surface area (Å²) in [5.74, 6) is 0. The fraction of sp³-hybridized carbons (Fsp3) is 0.333.